The zero-order valence-electron chi connectivity index (χ0n) is 22.3. The van der Waals surface area contributed by atoms with Crippen LogP contribution in [0.15, 0.2) is 133 Å². The van der Waals surface area contributed by atoms with E-state index in [1.807, 2.05) is 30.3 Å². The maximum atomic E-state index is 13.9. The summed E-state index contributed by atoms with van der Waals surface area (Å²) in [6, 6.07) is 47.5. The molecule has 0 bridgehead atoms. The summed E-state index contributed by atoms with van der Waals surface area (Å²) in [5.41, 5.74) is 5.64. The standard InChI is InChI=1S/C36H34OP/c1-27-14-20-32(21-15-27)38(33-22-16-28(2)17-23-33,34-24-18-29(3)19-25-34)36(31-12-8-5-9-13-31)26-35(37)30-10-6-4-7-11-30/h4-25,36H,26H2,1-3H3/q+1. The molecule has 0 aliphatic carbocycles. The number of aryl methyl sites for hydroxylation is 3. The van der Waals surface area contributed by atoms with Gasteiger partial charge in [-0.05, 0) is 62.7 Å². The van der Waals surface area contributed by atoms with Crippen LogP contribution in [0.4, 0.5) is 0 Å². The molecule has 0 amide bonds. The molecule has 0 saturated carbocycles. The summed E-state index contributed by atoms with van der Waals surface area (Å²) in [6.07, 6.45) is 0.428. The molecule has 0 spiro atoms. The van der Waals surface area contributed by atoms with Crippen LogP contribution in [0.25, 0.3) is 0 Å². The molecule has 0 N–H and O–H groups in total. The first-order chi connectivity index (χ1) is 18.5. The molecule has 38 heavy (non-hydrogen) atoms. The van der Waals surface area contributed by atoms with Crippen molar-refractivity contribution in [3.63, 3.8) is 0 Å². The minimum atomic E-state index is -2.34. The van der Waals surface area contributed by atoms with Crippen LogP contribution < -0.4 is 15.9 Å². The smallest absolute Gasteiger partial charge is 0.167 e. The molecular weight excluding hydrogens is 479 g/mol. The van der Waals surface area contributed by atoms with Gasteiger partial charge in [0.1, 0.15) is 28.8 Å². The van der Waals surface area contributed by atoms with Crippen molar-refractivity contribution in [1.82, 2.24) is 0 Å². The van der Waals surface area contributed by atoms with Crippen molar-refractivity contribution in [2.24, 2.45) is 0 Å². The Bertz CT molecular complexity index is 1380. The maximum absolute atomic E-state index is 13.9. The molecule has 0 radical (unpaired) electrons. The lowest BCUT2D eigenvalue weighted by Gasteiger charge is -2.35. The van der Waals surface area contributed by atoms with Gasteiger partial charge in [0.25, 0.3) is 0 Å². The number of benzene rings is 5. The van der Waals surface area contributed by atoms with Gasteiger partial charge in [-0.25, -0.2) is 0 Å². The topological polar surface area (TPSA) is 17.1 Å². The Labute approximate surface area is 227 Å². The minimum Gasteiger partial charge on any atom is -0.294 e. The van der Waals surface area contributed by atoms with Crippen LogP contribution in [0.5, 0.6) is 0 Å². The lowest BCUT2D eigenvalue weighted by atomic mass is 10.0. The van der Waals surface area contributed by atoms with E-state index in [1.54, 1.807) is 0 Å². The number of ketones is 1. The molecule has 1 nitrogen and oxygen atoms in total. The largest absolute Gasteiger partial charge is 0.294 e. The summed E-state index contributed by atoms with van der Waals surface area (Å²) in [6.45, 7) is 6.40. The Kier molecular flexibility index (Phi) is 7.68. The van der Waals surface area contributed by atoms with E-state index in [9.17, 15) is 4.79 Å². The summed E-state index contributed by atoms with van der Waals surface area (Å²) < 4.78 is 0. The van der Waals surface area contributed by atoms with Crippen molar-refractivity contribution >= 4 is 29.0 Å². The highest BCUT2D eigenvalue weighted by molar-refractivity contribution is 7.96. The number of Topliss-reactive ketones (excluding diaryl/α,β-unsaturated/α-hetero) is 1. The first kappa shape index (κ1) is 25.8. The molecule has 0 aliphatic rings. The molecule has 5 aromatic rings. The van der Waals surface area contributed by atoms with Crippen LogP contribution >= 0.6 is 7.26 Å². The lowest BCUT2D eigenvalue weighted by Crippen LogP contribution is -2.36. The first-order valence-corrected chi connectivity index (χ1v) is 15.1. The molecule has 0 fully saturated rings. The molecular formula is C36H34OP+. The average molecular weight is 514 g/mol. The Morgan fingerprint density at radius 3 is 1.29 bits per heavy atom. The molecule has 0 aromatic heterocycles. The first-order valence-electron chi connectivity index (χ1n) is 13.2. The molecule has 0 aliphatic heterocycles. The number of carbonyl (C=O) groups is 1. The van der Waals surface area contributed by atoms with E-state index in [-0.39, 0.29) is 11.4 Å². The number of hydrogen-bond acceptors (Lipinski definition) is 1. The monoisotopic (exact) mass is 513 g/mol. The zero-order valence-corrected chi connectivity index (χ0v) is 23.2. The third-order valence-corrected chi connectivity index (χ3v) is 12.2. The molecule has 1 atom stereocenters. The van der Waals surface area contributed by atoms with Gasteiger partial charge in [0.05, 0.1) is 6.42 Å². The Morgan fingerprint density at radius 2 is 0.895 bits per heavy atom. The summed E-state index contributed by atoms with van der Waals surface area (Å²) >= 11 is 0. The van der Waals surface area contributed by atoms with Gasteiger partial charge >= 0.3 is 0 Å². The summed E-state index contributed by atoms with van der Waals surface area (Å²) in [7, 11) is -2.34. The second-order valence-corrected chi connectivity index (χ2v) is 13.8. The van der Waals surface area contributed by atoms with Crippen LogP contribution in [0.3, 0.4) is 0 Å². The van der Waals surface area contributed by atoms with E-state index in [0.717, 1.165) is 5.56 Å². The fraction of sp³-hybridized carbons (Fsp3) is 0.139. The van der Waals surface area contributed by atoms with Crippen molar-refractivity contribution in [2.75, 3.05) is 0 Å². The minimum absolute atomic E-state index is 0.0236. The van der Waals surface area contributed by atoms with Crippen molar-refractivity contribution in [3.8, 4) is 0 Å². The van der Waals surface area contributed by atoms with Gasteiger partial charge in [0, 0.05) is 5.56 Å². The molecule has 0 heterocycles. The van der Waals surface area contributed by atoms with Crippen molar-refractivity contribution < 1.29 is 4.79 Å². The fourth-order valence-corrected chi connectivity index (χ4v) is 10.3. The van der Waals surface area contributed by atoms with E-state index in [1.165, 1.54) is 38.2 Å². The van der Waals surface area contributed by atoms with Crippen LogP contribution in [0.2, 0.25) is 0 Å². The third-order valence-electron chi connectivity index (χ3n) is 7.45. The van der Waals surface area contributed by atoms with Gasteiger partial charge in [-0.3, -0.25) is 4.79 Å². The van der Waals surface area contributed by atoms with Gasteiger partial charge in [-0.2, -0.15) is 0 Å². The Morgan fingerprint density at radius 1 is 0.526 bits per heavy atom. The van der Waals surface area contributed by atoms with Crippen LogP contribution in [0, 0.1) is 20.8 Å². The van der Waals surface area contributed by atoms with Crippen molar-refractivity contribution in [1.29, 1.82) is 0 Å². The molecule has 5 rings (SSSR count). The van der Waals surface area contributed by atoms with Crippen LogP contribution in [0.1, 0.15) is 44.7 Å². The Hall–Kier alpha value is -3.80. The molecule has 1 unspecified atom stereocenters. The summed E-state index contributed by atoms with van der Waals surface area (Å²) in [4.78, 5) is 13.9. The summed E-state index contributed by atoms with van der Waals surface area (Å²) in [5.74, 6) is 0.176. The number of rotatable bonds is 8. The van der Waals surface area contributed by atoms with E-state index in [4.69, 9.17) is 0 Å². The normalized spacial score (nSPS) is 12.2. The van der Waals surface area contributed by atoms with Gasteiger partial charge in [-0.15, -0.1) is 0 Å². The fourth-order valence-electron chi connectivity index (χ4n) is 5.40. The molecule has 188 valence electrons. The SMILES string of the molecule is Cc1ccc([P+](c2ccc(C)cc2)(c2ccc(C)cc2)C(CC(=O)c2ccccc2)c2ccccc2)cc1. The number of carbonyl (C=O) groups excluding carboxylic acids is 1. The van der Waals surface area contributed by atoms with Gasteiger partial charge in [0.2, 0.25) is 0 Å². The van der Waals surface area contributed by atoms with Gasteiger partial charge < -0.3 is 0 Å². The van der Waals surface area contributed by atoms with Crippen LogP contribution in [-0.2, 0) is 0 Å². The second-order valence-electron chi connectivity index (χ2n) is 10.1. The molecule has 2 heteroatoms. The van der Waals surface area contributed by atoms with Crippen LogP contribution in [-0.4, -0.2) is 5.78 Å². The quantitative estimate of drug-likeness (QED) is 0.152. The number of hydrogen-bond donors (Lipinski definition) is 0. The van der Waals surface area contributed by atoms with Gasteiger partial charge in [0.15, 0.2) is 5.78 Å². The zero-order chi connectivity index (χ0) is 26.5. The average Bonchev–Trinajstić information content (AvgIpc) is 2.96. The van der Waals surface area contributed by atoms with Crippen molar-refractivity contribution in [2.45, 2.75) is 32.9 Å². The lowest BCUT2D eigenvalue weighted by molar-refractivity contribution is 0.0981. The molecule has 5 aromatic carbocycles. The predicted molar refractivity (Wildman–Crippen MR) is 164 cm³/mol. The molecule has 0 saturated heterocycles. The summed E-state index contributed by atoms with van der Waals surface area (Å²) in [5, 5.41) is 3.89. The van der Waals surface area contributed by atoms with E-state index < -0.39 is 7.26 Å². The van der Waals surface area contributed by atoms with Gasteiger partial charge in [-0.1, -0.05) is 114 Å². The van der Waals surface area contributed by atoms with E-state index in [0.29, 0.717) is 6.42 Å². The second kappa shape index (κ2) is 11.3. The highest BCUT2D eigenvalue weighted by Gasteiger charge is 2.53. The van der Waals surface area contributed by atoms with Crippen molar-refractivity contribution in [3.05, 3.63) is 161 Å². The third kappa shape index (κ3) is 5.13. The Balaban J connectivity index is 1.85. The highest BCUT2D eigenvalue weighted by Crippen LogP contribution is 2.68. The highest BCUT2D eigenvalue weighted by atomic mass is 31.2. The predicted octanol–water partition coefficient (Wildman–Crippen LogP) is 7.92. The maximum Gasteiger partial charge on any atom is 0.167 e. The van der Waals surface area contributed by atoms with E-state index in [2.05, 4.69) is 124 Å². The van der Waals surface area contributed by atoms with E-state index >= 15 is 0 Å².